The highest BCUT2D eigenvalue weighted by molar-refractivity contribution is 6.32. The first-order valence-electron chi connectivity index (χ1n) is 11.6. The van der Waals surface area contributed by atoms with Gasteiger partial charge in [-0.25, -0.2) is 4.68 Å². The number of nitrogens with zero attached hydrogens (tertiary/aromatic N) is 3. The lowest BCUT2D eigenvalue weighted by molar-refractivity contribution is -0.122. The Morgan fingerprint density at radius 1 is 1.24 bits per heavy atom. The number of anilines is 2. The van der Waals surface area contributed by atoms with Crippen LogP contribution in [0.3, 0.4) is 0 Å². The molecule has 5 rings (SSSR count). The molecule has 1 aromatic carbocycles. The molecular formula is C25H34ClN5O2. The van der Waals surface area contributed by atoms with Crippen molar-refractivity contribution in [3.05, 3.63) is 51.4 Å². The highest BCUT2D eigenvalue weighted by Gasteiger charge is 2.56. The van der Waals surface area contributed by atoms with Crippen molar-refractivity contribution < 1.29 is 4.79 Å². The fourth-order valence-electron chi connectivity index (χ4n) is 5.52. The maximum atomic E-state index is 12.7. The van der Waals surface area contributed by atoms with Gasteiger partial charge in [0.05, 0.1) is 11.9 Å². The summed E-state index contributed by atoms with van der Waals surface area (Å²) in [6.45, 7) is 7.20. The molecule has 8 heteroatoms. The molecule has 1 amide bonds. The number of rotatable bonds is 7. The van der Waals surface area contributed by atoms with Gasteiger partial charge in [-0.2, -0.15) is 5.10 Å². The lowest BCUT2D eigenvalue weighted by atomic mass is 9.45. The number of aromatic nitrogens is 2. The summed E-state index contributed by atoms with van der Waals surface area (Å²) in [6, 6.07) is 8.20. The number of hydrogen-bond acceptors (Lipinski definition) is 5. The van der Waals surface area contributed by atoms with Crippen molar-refractivity contribution >= 4 is 28.9 Å². The van der Waals surface area contributed by atoms with Gasteiger partial charge in [0.2, 0.25) is 5.91 Å². The van der Waals surface area contributed by atoms with E-state index in [1.54, 1.807) is 6.20 Å². The quantitative estimate of drug-likeness (QED) is 0.642. The van der Waals surface area contributed by atoms with Gasteiger partial charge in [-0.15, -0.1) is 0 Å². The van der Waals surface area contributed by atoms with Gasteiger partial charge in [0.1, 0.15) is 11.6 Å². The Kier molecular flexibility index (Phi) is 6.45. The smallest absolute Gasteiger partial charge is 0.288 e. The van der Waals surface area contributed by atoms with Gasteiger partial charge < -0.3 is 15.5 Å². The number of fused-ring (bicyclic) bond motifs is 2. The monoisotopic (exact) mass is 471 g/mol. The van der Waals surface area contributed by atoms with Crippen LogP contribution in [-0.4, -0.2) is 35.8 Å². The second kappa shape index (κ2) is 9.01. The molecule has 2 aromatic rings. The van der Waals surface area contributed by atoms with Gasteiger partial charge in [0.15, 0.2) is 0 Å². The minimum absolute atomic E-state index is 0.0859. The summed E-state index contributed by atoms with van der Waals surface area (Å²) in [5, 5.41) is 10.6. The van der Waals surface area contributed by atoms with E-state index < -0.39 is 5.56 Å². The average Bonchev–Trinajstić information content (AvgIpc) is 2.78. The number of benzene rings is 1. The van der Waals surface area contributed by atoms with Crippen LogP contribution in [0, 0.1) is 23.2 Å². The molecule has 0 radical (unpaired) electrons. The normalized spacial score (nSPS) is 25.2. The summed E-state index contributed by atoms with van der Waals surface area (Å²) >= 11 is 6.39. The van der Waals surface area contributed by atoms with Gasteiger partial charge >= 0.3 is 0 Å². The van der Waals surface area contributed by atoms with E-state index >= 15 is 0 Å². The fraction of sp³-hybridized carbons (Fsp3) is 0.560. The minimum atomic E-state index is -0.457. The van der Waals surface area contributed by atoms with Gasteiger partial charge in [0.25, 0.3) is 5.56 Å². The molecule has 0 aliphatic heterocycles. The van der Waals surface area contributed by atoms with Crippen molar-refractivity contribution in [2.75, 3.05) is 24.3 Å². The zero-order valence-electron chi connectivity index (χ0n) is 20.1. The van der Waals surface area contributed by atoms with Crippen molar-refractivity contribution in [2.45, 2.75) is 52.7 Å². The molecule has 3 fully saturated rings. The van der Waals surface area contributed by atoms with Crippen LogP contribution in [0.2, 0.25) is 5.02 Å². The van der Waals surface area contributed by atoms with E-state index in [-0.39, 0.29) is 23.5 Å². The molecule has 178 valence electrons. The van der Waals surface area contributed by atoms with Gasteiger partial charge in [-0.3, -0.25) is 9.59 Å². The van der Waals surface area contributed by atoms with Crippen LogP contribution in [-0.2, 0) is 17.9 Å². The SMILES string of the molecule is C[C@H]1[C@H](Nc2cnn(CC(=O)NCc3ccc(N(C)C)cc3)c(=O)c2Cl)C[C@H]2C[C@@H]1C2(C)C. The van der Waals surface area contributed by atoms with E-state index in [4.69, 9.17) is 11.6 Å². The third kappa shape index (κ3) is 4.60. The summed E-state index contributed by atoms with van der Waals surface area (Å²) in [6.07, 6.45) is 3.92. The molecule has 33 heavy (non-hydrogen) atoms. The number of nitrogens with one attached hydrogen (secondary N) is 2. The van der Waals surface area contributed by atoms with Crippen molar-refractivity contribution in [3.8, 4) is 0 Å². The predicted molar refractivity (Wildman–Crippen MR) is 133 cm³/mol. The second-order valence-corrected chi connectivity index (χ2v) is 10.8. The Morgan fingerprint density at radius 2 is 1.94 bits per heavy atom. The Bertz CT molecular complexity index is 1080. The second-order valence-electron chi connectivity index (χ2n) is 10.4. The molecule has 2 N–H and O–H groups in total. The zero-order chi connectivity index (χ0) is 23.9. The Morgan fingerprint density at radius 3 is 2.55 bits per heavy atom. The Labute approximate surface area is 200 Å². The Hall–Kier alpha value is -2.54. The molecule has 4 atom stereocenters. The zero-order valence-corrected chi connectivity index (χ0v) is 20.8. The summed E-state index contributed by atoms with van der Waals surface area (Å²) in [4.78, 5) is 27.2. The number of halogens is 1. The largest absolute Gasteiger partial charge is 0.379 e. The molecule has 2 bridgehead atoms. The molecular weight excluding hydrogens is 438 g/mol. The van der Waals surface area contributed by atoms with E-state index in [2.05, 4.69) is 36.5 Å². The maximum absolute atomic E-state index is 12.7. The number of hydrogen-bond donors (Lipinski definition) is 2. The first kappa shape index (κ1) is 23.6. The topological polar surface area (TPSA) is 79.3 Å². The highest BCUT2D eigenvalue weighted by Crippen LogP contribution is 2.61. The van der Waals surface area contributed by atoms with Crippen LogP contribution < -0.4 is 21.1 Å². The van der Waals surface area contributed by atoms with Gasteiger partial charge in [-0.1, -0.05) is 44.5 Å². The van der Waals surface area contributed by atoms with Crippen molar-refractivity contribution in [1.29, 1.82) is 0 Å². The van der Waals surface area contributed by atoms with Crippen LogP contribution in [0.15, 0.2) is 35.3 Å². The predicted octanol–water partition coefficient (Wildman–Crippen LogP) is 3.76. The lowest BCUT2D eigenvalue weighted by Gasteiger charge is -2.62. The van der Waals surface area contributed by atoms with Crippen molar-refractivity contribution in [3.63, 3.8) is 0 Å². The van der Waals surface area contributed by atoms with Crippen LogP contribution in [0.4, 0.5) is 11.4 Å². The first-order chi connectivity index (χ1) is 15.6. The van der Waals surface area contributed by atoms with Crippen LogP contribution in [0.1, 0.15) is 39.2 Å². The van der Waals surface area contributed by atoms with E-state index in [0.29, 0.717) is 35.4 Å². The molecule has 3 aliphatic rings. The number of amides is 1. The van der Waals surface area contributed by atoms with E-state index in [1.807, 2.05) is 43.3 Å². The third-order valence-corrected chi connectivity index (χ3v) is 8.28. The first-order valence-corrected chi connectivity index (χ1v) is 12.0. The molecule has 0 saturated heterocycles. The highest BCUT2D eigenvalue weighted by atomic mass is 35.5. The van der Waals surface area contributed by atoms with Crippen LogP contribution >= 0.6 is 11.6 Å². The maximum Gasteiger partial charge on any atom is 0.288 e. The number of carbonyl (C=O) groups is 1. The molecule has 1 aromatic heterocycles. The number of carbonyl (C=O) groups excluding carboxylic acids is 1. The summed E-state index contributed by atoms with van der Waals surface area (Å²) in [5.41, 5.74) is 2.56. The van der Waals surface area contributed by atoms with Gasteiger partial charge in [0, 0.05) is 32.4 Å². The van der Waals surface area contributed by atoms with E-state index in [9.17, 15) is 9.59 Å². The summed E-state index contributed by atoms with van der Waals surface area (Å²) in [7, 11) is 3.96. The molecule has 0 unspecified atom stereocenters. The van der Waals surface area contributed by atoms with Crippen molar-refractivity contribution in [1.82, 2.24) is 15.1 Å². The van der Waals surface area contributed by atoms with Crippen LogP contribution in [0.25, 0.3) is 0 Å². The van der Waals surface area contributed by atoms with Crippen molar-refractivity contribution in [2.24, 2.45) is 23.2 Å². The summed E-state index contributed by atoms with van der Waals surface area (Å²) in [5.74, 6) is 1.59. The molecule has 1 heterocycles. The Balaban J connectivity index is 1.35. The standard InChI is InChI=1S/C25H34ClN5O2/c1-15-19-10-17(25(19,2)3)11-20(15)29-21-13-28-31(24(33)23(21)26)14-22(32)27-12-16-6-8-18(9-7-16)30(4)5/h6-9,13,15,17,19-20,29H,10-12,14H2,1-5H3,(H,27,32)/t15-,17-,19+,20-/m1/s1. The lowest BCUT2D eigenvalue weighted by Crippen LogP contribution is -2.58. The molecule has 3 aliphatic carbocycles. The minimum Gasteiger partial charge on any atom is -0.379 e. The van der Waals surface area contributed by atoms with Gasteiger partial charge in [-0.05, 0) is 53.7 Å². The van der Waals surface area contributed by atoms with Crippen LogP contribution in [0.5, 0.6) is 0 Å². The average molecular weight is 472 g/mol. The molecule has 7 nitrogen and oxygen atoms in total. The summed E-state index contributed by atoms with van der Waals surface area (Å²) < 4.78 is 1.11. The van der Waals surface area contributed by atoms with E-state index in [0.717, 1.165) is 22.4 Å². The molecule has 3 saturated carbocycles. The fourth-order valence-corrected chi connectivity index (χ4v) is 5.72. The van der Waals surface area contributed by atoms with E-state index in [1.165, 1.54) is 6.42 Å². The third-order valence-electron chi connectivity index (χ3n) is 7.92. The molecule has 0 spiro atoms.